The Kier molecular flexibility index (Phi) is 3.62. The van der Waals surface area contributed by atoms with Gasteiger partial charge in [0.25, 0.3) is 0 Å². The molecule has 0 aliphatic heterocycles. The van der Waals surface area contributed by atoms with Gasteiger partial charge in [-0.1, -0.05) is 0 Å². The van der Waals surface area contributed by atoms with Crippen LogP contribution in [0.1, 0.15) is 13.8 Å². The molecule has 0 aliphatic carbocycles. The first-order valence-electron chi connectivity index (χ1n) is 3.14. The van der Waals surface area contributed by atoms with Crippen molar-refractivity contribution in [3.63, 3.8) is 0 Å². The summed E-state index contributed by atoms with van der Waals surface area (Å²) in [5.74, 6) is -2.66. The Bertz CT molecular complexity index is 333. The summed E-state index contributed by atoms with van der Waals surface area (Å²) in [5.41, 5.74) is 4.80. The van der Waals surface area contributed by atoms with Gasteiger partial charge in [-0.25, -0.2) is 0 Å². The molecular weight excluding hydrogens is 182 g/mol. The highest BCUT2D eigenvalue weighted by Crippen LogP contribution is 1.96. The van der Waals surface area contributed by atoms with E-state index in [1.807, 2.05) is 0 Å². The Morgan fingerprint density at radius 2 is 1.75 bits per heavy atom. The average molecular weight is 191 g/mol. The first-order chi connectivity index (χ1) is 5.37. The van der Waals surface area contributed by atoms with Crippen LogP contribution in [0.4, 0.5) is 0 Å². The fraction of sp³-hybridized carbons (Fsp3) is 0.500. The Hall–Kier alpha value is -1.17. The van der Waals surface area contributed by atoms with Gasteiger partial charge in [-0.3, -0.25) is 9.59 Å². The number of carbonyl (C=O) groups excluding carboxylic acids is 2. The number of amides is 1. The molecule has 0 radical (unpaired) electrons. The zero-order valence-corrected chi connectivity index (χ0v) is 7.51. The fourth-order valence-corrected chi connectivity index (χ4v) is 0.857. The van der Waals surface area contributed by atoms with Crippen molar-refractivity contribution in [2.45, 2.75) is 13.8 Å². The van der Waals surface area contributed by atoms with Gasteiger partial charge in [0.15, 0.2) is 5.78 Å². The fourth-order valence-electron chi connectivity index (χ4n) is 0.516. The van der Waals surface area contributed by atoms with Crippen molar-refractivity contribution >= 4 is 26.8 Å². The molecule has 1 amide bonds. The smallest absolute Gasteiger partial charge is 0.228 e. The zero-order chi connectivity index (χ0) is 9.89. The zero-order valence-electron chi connectivity index (χ0n) is 6.70. The molecule has 1 atom stereocenters. The van der Waals surface area contributed by atoms with E-state index in [1.165, 1.54) is 6.92 Å². The molecule has 0 aromatic heterocycles. The molecule has 0 aliphatic rings. The lowest BCUT2D eigenvalue weighted by atomic mass is 10.0. The van der Waals surface area contributed by atoms with Crippen molar-refractivity contribution in [1.82, 2.24) is 0 Å². The minimum Gasteiger partial charge on any atom is -0.369 e. The van der Waals surface area contributed by atoms with Crippen LogP contribution in [0.3, 0.4) is 0 Å². The molecule has 0 aromatic rings. The lowest BCUT2D eigenvalue weighted by Crippen LogP contribution is -2.31. The van der Waals surface area contributed by atoms with Gasteiger partial charge in [0, 0.05) is 0 Å². The summed E-state index contributed by atoms with van der Waals surface area (Å²) < 4.78 is 20.5. The van der Waals surface area contributed by atoms with Crippen LogP contribution >= 0.6 is 0 Å². The summed E-state index contributed by atoms with van der Waals surface area (Å²) in [7, 11) is -2.57. The van der Waals surface area contributed by atoms with Crippen LogP contribution in [0.2, 0.25) is 0 Å². The van der Waals surface area contributed by atoms with E-state index in [4.69, 9.17) is 5.73 Å². The maximum absolute atomic E-state index is 11.0. The van der Waals surface area contributed by atoms with Crippen LogP contribution in [0.15, 0.2) is 0 Å². The summed E-state index contributed by atoms with van der Waals surface area (Å²) in [6.45, 7) is 2.39. The van der Waals surface area contributed by atoms with Gasteiger partial charge >= 0.3 is 0 Å². The van der Waals surface area contributed by atoms with E-state index in [-0.39, 0.29) is 4.86 Å². The Morgan fingerprint density at radius 1 is 1.33 bits per heavy atom. The Labute approximate surface area is 71.1 Å². The second-order valence-electron chi connectivity index (χ2n) is 2.28. The molecule has 6 heteroatoms. The number of primary amides is 1. The largest absolute Gasteiger partial charge is 0.369 e. The number of rotatable bonds is 3. The Morgan fingerprint density at radius 3 is 2.00 bits per heavy atom. The quantitative estimate of drug-likeness (QED) is 0.445. The molecule has 0 spiro atoms. The molecule has 0 saturated heterocycles. The van der Waals surface area contributed by atoms with Crippen LogP contribution in [0, 0.1) is 5.92 Å². The topological polar surface area (TPSA) is 94.3 Å². The first kappa shape index (κ1) is 10.8. The molecule has 0 bridgehead atoms. The van der Waals surface area contributed by atoms with Crippen LogP contribution in [-0.4, -0.2) is 25.0 Å². The molecule has 1 unspecified atom stereocenters. The summed E-state index contributed by atoms with van der Waals surface area (Å²) in [6, 6.07) is 0. The lowest BCUT2D eigenvalue weighted by molar-refractivity contribution is -0.127. The van der Waals surface area contributed by atoms with E-state index in [1.54, 1.807) is 0 Å². The third-order valence-electron chi connectivity index (χ3n) is 1.42. The molecule has 5 nitrogen and oxygen atoms in total. The van der Waals surface area contributed by atoms with Crippen molar-refractivity contribution in [3.05, 3.63) is 0 Å². The van der Waals surface area contributed by atoms with E-state index in [9.17, 15) is 18.0 Å². The standard InChI is InChI=1S/C6H9NO4S/c1-3(6(7)9)5(8)4(2)12(10)11/h3H,1-2H3,(H2,7,9). The summed E-state index contributed by atoms with van der Waals surface area (Å²) in [4.78, 5) is 21.1. The molecule has 0 rings (SSSR count). The van der Waals surface area contributed by atoms with E-state index in [2.05, 4.69) is 0 Å². The van der Waals surface area contributed by atoms with Gasteiger partial charge in [-0.2, -0.15) is 8.42 Å². The monoisotopic (exact) mass is 191 g/mol. The molecule has 12 heavy (non-hydrogen) atoms. The molecular formula is C6H9NO4S. The number of ketones is 1. The van der Waals surface area contributed by atoms with Crippen molar-refractivity contribution in [2.75, 3.05) is 0 Å². The predicted octanol–water partition coefficient (Wildman–Crippen LogP) is -1.25. The van der Waals surface area contributed by atoms with E-state index in [0.29, 0.717) is 0 Å². The van der Waals surface area contributed by atoms with Crippen molar-refractivity contribution in [3.8, 4) is 0 Å². The number of Topliss-reactive ketones (excluding diaryl/α,β-unsaturated/α-hetero) is 1. The third-order valence-corrected chi connectivity index (χ3v) is 2.12. The highest BCUT2D eigenvalue weighted by atomic mass is 32.2. The normalized spacial score (nSPS) is 11.8. The highest BCUT2D eigenvalue weighted by molar-refractivity contribution is 7.74. The second-order valence-corrected chi connectivity index (χ2v) is 3.36. The molecule has 2 N–H and O–H groups in total. The number of hydrogen-bond acceptors (Lipinski definition) is 4. The van der Waals surface area contributed by atoms with Crippen LogP contribution in [-0.2, 0) is 19.9 Å². The van der Waals surface area contributed by atoms with E-state index >= 15 is 0 Å². The number of carbonyl (C=O) groups is 2. The lowest BCUT2D eigenvalue weighted by Gasteiger charge is -2.01. The summed E-state index contributed by atoms with van der Waals surface area (Å²) in [6.07, 6.45) is 0. The average Bonchev–Trinajstić information content (AvgIpc) is 2.00. The summed E-state index contributed by atoms with van der Waals surface area (Å²) >= 11 is 0. The molecule has 0 heterocycles. The predicted molar refractivity (Wildman–Crippen MR) is 43.0 cm³/mol. The van der Waals surface area contributed by atoms with Crippen LogP contribution < -0.4 is 5.73 Å². The van der Waals surface area contributed by atoms with Crippen molar-refractivity contribution in [2.24, 2.45) is 11.7 Å². The Balaban J connectivity index is 4.88. The SMILES string of the molecule is CC(C(=O)C(C)C(N)=O)=S(=O)=O. The van der Waals surface area contributed by atoms with E-state index < -0.39 is 27.9 Å². The number of nitrogens with two attached hydrogens (primary N) is 1. The van der Waals surface area contributed by atoms with Crippen LogP contribution in [0.25, 0.3) is 0 Å². The van der Waals surface area contributed by atoms with Gasteiger partial charge in [0.2, 0.25) is 16.2 Å². The van der Waals surface area contributed by atoms with Gasteiger partial charge in [-0.05, 0) is 13.8 Å². The number of hydrogen-bond donors (Lipinski definition) is 1. The minimum absolute atomic E-state index is 0.374. The van der Waals surface area contributed by atoms with Crippen molar-refractivity contribution in [1.29, 1.82) is 0 Å². The molecule has 0 saturated carbocycles. The second kappa shape index (κ2) is 4.01. The molecule has 68 valence electrons. The van der Waals surface area contributed by atoms with Crippen LogP contribution in [0.5, 0.6) is 0 Å². The summed E-state index contributed by atoms with van der Waals surface area (Å²) in [5, 5.41) is 0. The van der Waals surface area contributed by atoms with E-state index in [0.717, 1.165) is 6.92 Å². The highest BCUT2D eigenvalue weighted by Gasteiger charge is 2.21. The van der Waals surface area contributed by atoms with Gasteiger partial charge in [0.05, 0.1) is 5.92 Å². The minimum atomic E-state index is -2.57. The first-order valence-corrected chi connectivity index (χ1v) is 4.21. The molecule has 0 aromatic carbocycles. The van der Waals surface area contributed by atoms with Gasteiger partial charge in [0.1, 0.15) is 4.86 Å². The van der Waals surface area contributed by atoms with Gasteiger partial charge < -0.3 is 5.73 Å². The van der Waals surface area contributed by atoms with Gasteiger partial charge in [-0.15, -0.1) is 0 Å². The molecule has 0 fully saturated rings. The maximum atomic E-state index is 11.0. The van der Waals surface area contributed by atoms with Crippen molar-refractivity contribution < 1.29 is 18.0 Å². The maximum Gasteiger partial charge on any atom is 0.228 e. The third kappa shape index (κ3) is 2.46.